The number of hydrogen-bond donors (Lipinski definition) is 1. The SMILES string of the molecule is CC(C)COC(=O)ONC(=O)OC(C)(C)C. The molecule has 0 aromatic rings. The van der Waals surface area contributed by atoms with Crippen molar-refractivity contribution in [2.45, 2.75) is 40.2 Å². The highest BCUT2D eigenvalue weighted by molar-refractivity contribution is 5.69. The Kier molecular flexibility index (Phi) is 5.63. The molecule has 16 heavy (non-hydrogen) atoms. The molecule has 6 heteroatoms. The van der Waals surface area contributed by atoms with Gasteiger partial charge in [-0.05, 0) is 26.7 Å². The van der Waals surface area contributed by atoms with Gasteiger partial charge in [-0.1, -0.05) is 13.8 Å². The number of hydroxylamine groups is 1. The molecule has 0 atom stereocenters. The summed E-state index contributed by atoms with van der Waals surface area (Å²) >= 11 is 0. The van der Waals surface area contributed by atoms with Crippen LogP contribution in [0.15, 0.2) is 0 Å². The second-order valence-corrected chi connectivity index (χ2v) is 4.66. The van der Waals surface area contributed by atoms with Crippen molar-refractivity contribution in [3.8, 4) is 0 Å². The number of carbonyl (C=O) groups is 2. The maximum atomic E-state index is 11.0. The molecule has 0 aromatic carbocycles. The van der Waals surface area contributed by atoms with Gasteiger partial charge in [-0.2, -0.15) is 0 Å². The van der Waals surface area contributed by atoms with E-state index in [0.717, 1.165) is 0 Å². The number of ether oxygens (including phenoxy) is 2. The first-order chi connectivity index (χ1) is 7.20. The van der Waals surface area contributed by atoms with Crippen LogP contribution in [-0.4, -0.2) is 24.5 Å². The monoisotopic (exact) mass is 233 g/mol. The van der Waals surface area contributed by atoms with Crippen LogP contribution in [0.3, 0.4) is 0 Å². The van der Waals surface area contributed by atoms with E-state index in [1.807, 2.05) is 19.3 Å². The normalized spacial score (nSPS) is 10.9. The minimum Gasteiger partial charge on any atom is -0.442 e. The molecule has 0 bridgehead atoms. The molecule has 0 radical (unpaired) electrons. The molecule has 0 rings (SSSR count). The van der Waals surface area contributed by atoms with Gasteiger partial charge in [0.15, 0.2) is 0 Å². The zero-order valence-electron chi connectivity index (χ0n) is 10.3. The van der Waals surface area contributed by atoms with Crippen molar-refractivity contribution in [1.82, 2.24) is 5.48 Å². The van der Waals surface area contributed by atoms with Gasteiger partial charge in [-0.15, -0.1) is 5.48 Å². The molecule has 6 nitrogen and oxygen atoms in total. The first-order valence-corrected chi connectivity index (χ1v) is 5.03. The lowest BCUT2D eigenvalue weighted by atomic mass is 10.2. The van der Waals surface area contributed by atoms with Crippen molar-refractivity contribution in [2.75, 3.05) is 6.61 Å². The van der Waals surface area contributed by atoms with Crippen LogP contribution < -0.4 is 5.48 Å². The Balaban J connectivity index is 3.72. The molecule has 0 aliphatic heterocycles. The molecular formula is C10H19NO5. The van der Waals surface area contributed by atoms with Gasteiger partial charge >= 0.3 is 12.2 Å². The minimum absolute atomic E-state index is 0.203. The molecule has 0 unspecified atom stereocenters. The van der Waals surface area contributed by atoms with Crippen LogP contribution in [0.4, 0.5) is 9.59 Å². The summed E-state index contributed by atoms with van der Waals surface area (Å²) in [6.45, 7) is 9.09. The quantitative estimate of drug-likeness (QED) is 0.584. The molecule has 0 saturated carbocycles. The largest absolute Gasteiger partial charge is 0.533 e. The van der Waals surface area contributed by atoms with E-state index >= 15 is 0 Å². The first-order valence-electron chi connectivity index (χ1n) is 5.03. The molecular weight excluding hydrogens is 214 g/mol. The van der Waals surface area contributed by atoms with Crippen LogP contribution >= 0.6 is 0 Å². The minimum atomic E-state index is -0.959. The molecule has 0 saturated heterocycles. The smallest absolute Gasteiger partial charge is 0.442 e. The molecule has 0 heterocycles. The zero-order valence-corrected chi connectivity index (χ0v) is 10.3. The summed E-state index contributed by atoms with van der Waals surface area (Å²) in [5, 5.41) is 0. The molecule has 94 valence electrons. The molecule has 1 amide bonds. The Morgan fingerprint density at radius 1 is 1.25 bits per heavy atom. The van der Waals surface area contributed by atoms with E-state index in [4.69, 9.17) is 4.74 Å². The van der Waals surface area contributed by atoms with Crippen molar-refractivity contribution in [2.24, 2.45) is 5.92 Å². The Morgan fingerprint density at radius 2 is 1.81 bits per heavy atom. The highest BCUT2D eigenvalue weighted by atomic mass is 16.8. The van der Waals surface area contributed by atoms with E-state index in [-0.39, 0.29) is 12.5 Å². The van der Waals surface area contributed by atoms with Gasteiger partial charge in [0.1, 0.15) is 5.60 Å². The van der Waals surface area contributed by atoms with E-state index in [1.165, 1.54) is 0 Å². The highest BCUT2D eigenvalue weighted by Crippen LogP contribution is 2.06. The van der Waals surface area contributed by atoms with E-state index in [1.54, 1.807) is 20.8 Å². The van der Waals surface area contributed by atoms with Crippen LogP contribution in [-0.2, 0) is 14.3 Å². The van der Waals surface area contributed by atoms with Crippen molar-refractivity contribution in [3.63, 3.8) is 0 Å². The van der Waals surface area contributed by atoms with Gasteiger partial charge in [0, 0.05) is 0 Å². The maximum absolute atomic E-state index is 11.0. The second-order valence-electron chi connectivity index (χ2n) is 4.66. The Labute approximate surface area is 95.2 Å². The summed E-state index contributed by atoms with van der Waals surface area (Å²) in [6, 6.07) is 0. The van der Waals surface area contributed by atoms with Crippen molar-refractivity contribution in [1.29, 1.82) is 0 Å². The molecule has 1 N–H and O–H groups in total. The number of nitrogens with one attached hydrogen (secondary N) is 1. The van der Waals surface area contributed by atoms with Crippen LogP contribution in [0.5, 0.6) is 0 Å². The number of rotatable bonds is 2. The Hall–Kier alpha value is -1.46. The third kappa shape index (κ3) is 9.11. The van der Waals surface area contributed by atoms with Crippen molar-refractivity contribution >= 4 is 12.2 Å². The van der Waals surface area contributed by atoms with E-state index in [0.29, 0.717) is 0 Å². The lowest BCUT2D eigenvalue weighted by molar-refractivity contribution is -0.0127. The van der Waals surface area contributed by atoms with Crippen molar-refractivity contribution < 1.29 is 23.9 Å². The van der Waals surface area contributed by atoms with Gasteiger partial charge in [-0.3, -0.25) is 0 Å². The summed E-state index contributed by atoms with van der Waals surface area (Å²) in [5.41, 5.74) is 1.18. The fourth-order valence-corrected chi connectivity index (χ4v) is 0.646. The van der Waals surface area contributed by atoms with Crippen LogP contribution in [0.1, 0.15) is 34.6 Å². The van der Waals surface area contributed by atoms with Crippen LogP contribution in [0, 0.1) is 5.92 Å². The predicted molar refractivity (Wildman–Crippen MR) is 56.6 cm³/mol. The number of amides is 1. The number of hydrogen-bond acceptors (Lipinski definition) is 5. The standard InChI is InChI=1S/C10H19NO5/c1-7(2)6-14-9(13)16-11-8(12)15-10(3,4)5/h7H,6H2,1-5H3,(H,11,12). The van der Waals surface area contributed by atoms with Crippen molar-refractivity contribution in [3.05, 3.63) is 0 Å². The number of carbonyl (C=O) groups excluding carboxylic acids is 2. The fraction of sp³-hybridized carbons (Fsp3) is 0.800. The molecule has 0 spiro atoms. The summed E-state index contributed by atoms with van der Waals surface area (Å²) in [7, 11) is 0. The van der Waals surface area contributed by atoms with E-state index in [2.05, 4.69) is 9.57 Å². The van der Waals surface area contributed by atoms with E-state index in [9.17, 15) is 9.59 Å². The van der Waals surface area contributed by atoms with Crippen LogP contribution in [0.25, 0.3) is 0 Å². The van der Waals surface area contributed by atoms with E-state index < -0.39 is 17.8 Å². The predicted octanol–water partition coefficient (Wildman–Crippen LogP) is 2.24. The lowest BCUT2D eigenvalue weighted by Gasteiger charge is -2.19. The van der Waals surface area contributed by atoms with Gasteiger partial charge < -0.3 is 14.3 Å². The third-order valence-electron chi connectivity index (χ3n) is 1.15. The summed E-state index contributed by atoms with van der Waals surface area (Å²) in [5.74, 6) is 0.203. The van der Waals surface area contributed by atoms with Crippen LogP contribution in [0.2, 0.25) is 0 Å². The first kappa shape index (κ1) is 14.5. The van der Waals surface area contributed by atoms with Gasteiger partial charge in [0.25, 0.3) is 0 Å². The summed E-state index contributed by atoms with van der Waals surface area (Å²) in [4.78, 5) is 26.3. The maximum Gasteiger partial charge on any atom is 0.533 e. The average Bonchev–Trinajstić information content (AvgIpc) is 2.08. The molecule has 0 aromatic heterocycles. The second kappa shape index (κ2) is 6.19. The topological polar surface area (TPSA) is 73.9 Å². The van der Waals surface area contributed by atoms with Gasteiger partial charge in [0.2, 0.25) is 0 Å². The van der Waals surface area contributed by atoms with Gasteiger partial charge in [0.05, 0.1) is 6.61 Å². The Bertz CT molecular complexity index is 244. The lowest BCUT2D eigenvalue weighted by Crippen LogP contribution is -2.34. The fourth-order valence-electron chi connectivity index (χ4n) is 0.646. The third-order valence-corrected chi connectivity index (χ3v) is 1.15. The molecule has 0 aliphatic carbocycles. The van der Waals surface area contributed by atoms with Gasteiger partial charge in [-0.25, -0.2) is 9.59 Å². The Morgan fingerprint density at radius 3 is 2.25 bits per heavy atom. The molecule has 0 aliphatic rings. The zero-order chi connectivity index (χ0) is 12.8. The molecule has 0 fully saturated rings. The summed E-state index contributed by atoms with van der Waals surface area (Å²) < 4.78 is 9.48. The average molecular weight is 233 g/mol. The highest BCUT2D eigenvalue weighted by Gasteiger charge is 2.17. The summed E-state index contributed by atoms with van der Waals surface area (Å²) in [6.07, 6.45) is -1.80.